The van der Waals surface area contributed by atoms with Crippen LogP contribution in [0.15, 0.2) is 36.4 Å². The fourth-order valence-corrected chi connectivity index (χ4v) is 3.12. The van der Waals surface area contributed by atoms with Crippen LogP contribution in [0.1, 0.15) is 50.3 Å². The van der Waals surface area contributed by atoms with Crippen molar-refractivity contribution in [1.82, 2.24) is 0 Å². The molecule has 0 saturated heterocycles. The van der Waals surface area contributed by atoms with Gasteiger partial charge in [0, 0.05) is 30.2 Å². The zero-order valence-corrected chi connectivity index (χ0v) is 15.6. The molecule has 2 aromatic rings. The molecule has 2 rings (SSSR count). The molecule has 0 unspecified atom stereocenters. The van der Waals surface area contributed by atoms with Crippen LogP contribution in [0, 0.1) is 13.8 Å². The lowest BCUT2D eigenvalue weighted by Crippen LogP contribution is -2.17. The van der Waals surface area contributed by atoms with E-state index in [1.807, 2.05) is 0 Å². The minimum absolute atomic E-state index is 0.421. The van der Waals surface area contributed by atoms with E-state index < -0.39 is 0 Å². The van der Waals surface area contributed by atoms with Gasteiger partial charge in [0.15, 0.2) is 0 Å². The average Bonchev–Trinajstić information content (AvgIpc) is 2.48. The predicted octanol–water partition coefficient (Wildman–Crippen LogP) is 6.02. The van der Waals surface area contributed by atoms with Crippen molar-refractivity contribution in [2.75, 3.05) is 17.3 Å². The molecule has 0 aliphatic rings. The van der Waals surface area contributed by atoms with Crippen molar-refractivity contribution in [3.63, 3.8) is 0 Å². The van der Waals surface area contributed by atoms with Crippen LogP contribution in [0.5, 0.6) is 0 Å². The number of benzene rings is 2. The minimum Gasteiger partial charge on any atom is -0.382 e. The Balaban J connectivity index is 2.53. The van der Waals surface area contributed by atoms with E-state index in [1.165, 1.54) is 33.8 Å². The highest BCUT2D eigenvalue weighted by Crippen LogP contribution is 2.37. The molecule has 1 N–H and O–H groups in total. The Bertz CT molecular complexity index is 672. The number of para-hydroxylation sites is 1. The van der Waals surface area contributed by atoms with Crippen LogP contribution in [0.25, 0.3) is 0 Å². The Morgan fingerprint density at radius 2 is 1.52 bits per heavy atom. The van der Waals surface area contributed by atoms with E-state index in [0.29, 0.717) is 12.0 Å². The van der Waals surface area contributed by atoms with E-state index >= 15 is 0 Å². The topological polar surface area (TPSA) is 15.3 Å². The predicted molar refractivity (Wildman–Crippen MR) is 103 cm³/mol. The third kappa shape index (κ3) is 3.69. The van der Waals surface area contributed by atoms with Gasteiger partial charge < -0.3 is 10.2 Å². The van der Waals surface area contributed by atoms with E-state index in [1.54, 1.807) is 0 Å². The van der Waals surface area contributed by atoms with Gasteiger partial charge in [0.1, 0.15) is 0 Å². The molecule has 0 amide bonds. The number of nitrogens with zero attached hydrogens (tertiary/aromatic N) is 1. The molecule has 0 aliphatic carbocycles. The number of aryl methyl sites for hydroxylation is 1. The summed E-state index contributed by atoms with van der Waals surface area (Å²) in [5.41, 5.74) is 7.79. The van der Waals surface area contributed by atoms with E-state index in [-0.39, 0.29) is 0 Å². The quantitative estimate of drug-likeness (QED) is 0.727. The summed E-state index contributed by atoms with van der Waals surface area (Å²) in [5.74, 6) is 0.507. The van der Waals surface area contributed by atoms with Crippen LogP contribution < -0.4 is 10.2 Å². The van der Waals surface area contributed by atoms with Gasteiger partial charge in [0.25, 0.3) is 0 Å². The molecule has 0 aliphatic heterocycles. The third-order valence-corrected chi connectivity index (χ3v) is 4.36. The van der Waals surface area contributed by atoms with Gasteiger partial charge in [-0.3, -0.25) is 0 Å². The summed E-state index contributed by atoms with van der Waals surface area (Å²) in [6.45, 7) is 13.3. The molecule has 2 aromatic carbocycles. The van der Waals surface area contributed by atoms with Crippen molar-refractivity contribution in [3.8, 4) is 0 Å². The number of rotatable bonds is 5. The average molecular weight is 310 g/mol. The summed E-state index contributed by atoms with van der Waals surface area (Å²) in [6.07, 6.45) is 0. The molecule has 23 heavy (non-hydrogen) atoms. The Morgan fingerprint density at radius 1 is 0.870 bits per heavy atom. The highest BCUT2D eigenvalue weighted by Gasteiger charge is 2.16. The van der Waals surface area contributed by atoms with E-state index in [9.17, 15) is 0 Å². The molecule has 0 heterocycles. The van der Waals surface area contributed by atoms with Crippen LogP contribution in [-0.4, -0.2) is 13.1 Å². The maximum Gasteiger partial charge on any atom is 0.0458 e. The van der Waals surface area contributed by atoms with Crippen LogP contribution in [-0.2, 0) is 0 Å². The van der Waals surface area contributed by atoms with Crippen molar-refractivity contribution in [2.45, 2.75) is 53.5 Å². The van der Waals surface area contributed by atoms with Gasteiger partial charge in [-0.05, 0) is 62.4 Å². The van der Waals surface area contributed by atoms with Gasteiger partial charge >= 0.3 is 0 Å². The highest BCUT2D eigenvalue weighted by atomic mass is 15.1. The second kappa shape index (κ2) is 7.08. The fourth-order valence-electron chi connectivity index (χ4n) is 3.12. The zero-order valence-electron chi connectivity index (χ0n) is 15.6. The van der Waals surface area contributed by atoms with Crippen LogP contribution in [0.4, 0.5) is 17.1 Å². The van der Waals surface area contributed by atoms with Gasteiger partial charge in [0.05, 0.1) is 0 Å². The first-order valence-electron chi connectivity index (χ1n) is 8.52. The Kier molecular flexibility index (Phi) is 5.35. The second-order valence-electron chi connectivity index (χ2n) is 6.97. The molecule has 0 atom stereocenters. The number of hydrogen-bond donors (Lipinski definition) is 1. The minimum atomic E-state index is 0.421. The molecule has 0 fully saturated rings. The molecule has 2 heteroatoms. The summed E-state index contributed by atoms with van der Waals surface area (Å²) in [4.78, 5) is 2.29. The lowest BCUT2D eigenvalue weighted by atomic mass is 9.96. The maximum absolute atomic E-state index is 3.66. The van der Waals surface area contributed by atoms with Crippen LogP contribution >= 0.6 is 0 Å². The van der Waals surface area contributed by atoms with Crippen LogP contribution in [0.3, 0.4) is 0 Å². The molecular formula is C21H30N2. The van der Waals surface area contributed by atoms with E-state index in [4.69, 9.17) is 0 Å². The summed E-state index contributed by atoms with van der Waals surface area (Å²) in [6, 6.07) is 13.5. The molecule has 0 saturated carbocycles. The fraction of sp³-hybridized carbons (Fsp3) is 0.429. The first-order valence-corrected chi connectivity index (χ1v) is 8.52. The number of anilines is 3. The zero-order chi connectivity index (χ0) is 17.1. The van der Waals surface area contributed by atoms with Crippen molar-refractivity contribution < 1.29 is 0 Å². The summed E-state index contributed by atoms with van der Waals surface area (Å²) in [7, 11) is 2.15. The van der Waals surface area contributed by atoms with Crippen LogP contribution in [0.2, 0.25) is 0 Å². The summed E-state index contributed by atoms with van der Waals surface area (Å²) in [5, 5.41) is 3.66. The summed E-state index contributed by atoms with van der Waals surface area (Å²) >= 11 is 0. The Morgan fingerprint density at radius 3 is 2.09 bits per heavy atom. The van der Waals surface area contributed by atoms with Crippen molar-refractivity contribution in [3.05, 3.63) is 53.1 Å². The molecule has 124 valence electrons. The van der Waals surface area contributed by atoms with Gasteiger partial charge in [0.2, 0.25) is 0 Å². The Labute approximate surface area is 141 Å². The van der Waals surface area contributed by atoms with Crippen molar-refractivity contribution in [2.24, 2.45) is 0 Å². The second-order valence-corrected chi connectivity index (χ2v) is 6.97. The largest absolute Gasteiger partial charge is 0.382 e. The van der Waals surface area contributed by atoms with Crippen molar-refractivity contribution in [1.29, 1.82) is 0 Å². The van der Waals surface area contributed by atoms with E-state index in [0.717, 1.165) is 0 Å². The monoisotopic (exact) mass is 310 g/mol. The molecular weight excluding hydrogens is 280 g/mol. The smallest absolute Gasteiger partial charge is 0.0458 e. The summed E-state index contributed by atoms with van der Waals surface area (Å²) < 4.78 is 0. The lowest BCUT2D eigenvalue weighted by Gasteiger charge is -2.28. The molecule has 0 bridgehead atoms. The van der Waals surface area contributed by atoms with Gasteiger partial charge in [-0.2, -0.15) is 0 Å². The van der Waals surface area contributed by atoms with Gasteiger partial charge in [-0.25, -0.2) is 0 Å². The lowest BCUT2D eigenvalue weighted by molar-refractivity contribution is 0.843. The first-order chi connectivity index (χ1) is 10.8. The van der Waals surface area contributed by atoms with Gasteiger partial charge in [-0.15, -0.1) is 0 Å². The van der Waals surface area contributed by atoms with E-state index in [2.05, 4.69) is 95.2 Å². The molecule has 0 spiro atoms. The molecule has 2 nitrogen and oxygen atoms in total. The third-order valence-electron chi connectivity index (χ3n) is 4.36. The number of nitrogens with one attached hydrogen (secondary N) is 1. The van der Waals surface area contributed by atoms with Gasteiger partial charge in [-0.1, -0.05) is 38.1 Å². The highest BCUT2D eigenvalue weighted by molar-refractivity contribution is 5.76. The molecule has 0 radical (unpaired) electrons. The molecule has 0 aromatic heterocycles. The standard InChI is InChI=1S/C21H30N2/c1-14(2)18-12-13-20(17(6)21(18)22-15(3)4)23(7)19-11-9-8-10-16(19)5/h8-15,22H,1-7H3. The maximum atomic E-state index is 3.66. The first kappa shape index (κ1) is 17.4. The Hall–Kier alpha value is -1.96. The SMILES string of the molecule is Cc1ccccc1N(C)c1ccc(C(C)C)c(NC(C)C)c1C. The number of hydrogen-bond acceptors (Lipinski definition) is 2. The van der Waals surface area contributed by atoms with Crippen molar-refractivity contribution >= 4 is 17.1 Å². The normalized spacial score (nSPS) is 11.2.